The monoisotopic (exact) mass is 274 g/mol. The first-order valence-electron chi connectivity index (χ1n) is 6.45. The van der Waals surface area contributed by atoms with E-state index in [2.05, 4.69) is 13.8 Å². The Morgan fingerprint density at radius 3 is 2.39 bits per heavy atom. The van der Waals surface area contributed by atoms with Gasteiger partial charge in [0.05, 0.1) is 11.1 Å². The van der Waals surface area contributed by atoms with Crippen molar-refractivity contribution in [3.63, 3.8) is 0 Å². The summed E-state index contributed by atoms with van der Waals surface area (Å²) in [6.07, 6.45) is 1.97. The number of thiocarbonyl (C=S) groups is 1. The summed E-state index contributed by atoms with van der Waals surface area (Å²) in [5, 5.41) is 0. The number of rotatable bonds is 9. The zero-order valence-electron chi connectivity index (χ0n) is 11.9. The van der Waals surface area contributed by atoms with Gasteiger partial charge in [0, 0.05) is 33.0 Å². The largest absolute Gasteiger partial charge is 0.393 e. The van der Waals surface area contributed by atoms with E-state index in [1.807, 2.05) is 11.8 Å². The summed E-state index contributed by atoms with van der Waals surface area (Å²) in [6.45, 7) is 7.53. The van der Waals surface area contributed by atoms with Crippen LogP contribution in [0.3, 0.4) is 0 Å². The molecule has 4 nitrogen and oxygen atoms in total. The Bertz CT molecular complexity index is 270. The third kappa shape index (κ3) is 8.42. The maximum absolute atomic E-state index is 12.1. The molecule has 0 fully saturated rings. The van der Waals surface area contributed by atoms with Gasteiger partial charge in [-0.05, 0) is 19.3 Å². The molecule has 0 heterocycles. The molecule has 0 saturated carbocycles. The molecule has 0 aliphatic carbocycles. The summed E-state index contributed by atoms with van der Waals surface area (Å²) in [4.78, 5) is 14.4. The van der Waals surface area contributed by atoms with E-state index < -0.39 is 0 Å². The van der Waals surface area contributed by atoms with Crippen molar-refractivity contribution in [2.24, 2.45) is 11.7 Å². The van der Waals surface area contributed by atoms with Gasteiger partial charge in [0.2, 0.25) is 5.91 Å². The fraction of sp³-hybridized carbons (Fsp3) is 0.846. The molecule has 18 heavy (non-hydrogen) atoms. The lowest BCUT2D eigenvalue weighted by molar-refractivity contribution is -0.132. The molecule has 0 aliphatic heterocycles. The Morgan fingerprint density at radius 1 is 1.33 bits per heavy atom. The van der Waals surface area contributed by atoms with E-state index in [1.165, 1.54) is 0 Å². The Balaban J connectivity index is 4.25. The summed E-state index contributed by atoms with van der Waals surface area (Å²) in [5.41, 5.74) is 5.49. The van der Waals surface area contributed by atoms with Crippen molar-refractivity contribution >= 4 is 23.1 Å². The van der Waals surface area contributed by atoms with E-state index in [4.69, 9.17) is 22.7 Å². The van der Waals surface area contributed by atoms with E-state index in [0.29, 0.717) is 30.3 Å². The van der Waals surface area contributed by atoms with E-state index >= 15 is 0 Å². The molecule has 1 unspecified atom stereocenters. The van der Waals surface area contributed by atoms with Gasteiger partial charge in [0.15, 0.2) is 0 Å². The molecule has 0 radical (unpaired) electrons. The highest BCUT2D eigenvalue weighted by Gasteiger charge is 2.15. The van der Waals surface area contributed by atoms with Gasteiger partial charge in [-0.3, -0.25) is 4.79 Å². The third-order valence-electron chi connectivity index (χ3n) is 2.73. The van der Waals surface area contributed by atoms with Crippen LogP contribution in [0.15, 0.2) is 0 Å². The van der Waals surface area contributed by atoms with Crippen LogP contribution in [0.25, 0.3) is 0 Å². The number of carbonyl (C=O) groups excluding carboxylic acids is 1. The van der Waals surface area contributed by atoms with Crippen molar-refractivity contribution in [3.05, 3.63) is 0 Å². The van der Waals surface area contributed by atoms with Gasteiger partial charge in [0.25, 0.3) is 0 Å². The SMILES string of the molecule is COC(C)CCC(=O)N(CCC(N)=S)CC(C)C. The fourth-order valence-corrected chi connectivity index (χ4v) is 1.70. The van der Waals surface area contributed by atoms with Crippen LogP contribution in [0, 0.1) is 5.92 Å². The van der Waals surface area contributed by atoms with Crippen LogP contribution >= 0.6 is 12.2 Å². The minimum atomic E-state index is 0.116. The molecule has 0 aromatic heterocycles. The van der Waals surface area contributed by atoms with Gasteiger partial charge in [-0.25, -0.2) is 0 Å². The zero-order valence-corrected chi connectivity index (χ0v) is 12.8. The van der Waals surface area contributed by atoms with Crippen molar-refractivity contribution in [2.75, 3.05) is 20.2 Å². The number of hydrogen-bond donors (Lipinski definition) is 1. The number of methoxy groups -OCH3 is 1. The molecule has 1 atom stereocenters. The van der Waals surface area contributed by atoms with Gasteiger partial charge in [0.1, 0.15) is 0 Å². The number of nitrogens with two attached hydrogens (primary N) is 1. The standard InChI is InChI=1S/C13H26N2O2S/c1-10(2)9-15(8-7-12(14)18)13(16)6-5-11(3)17-4/h10-11H,5-9H2,1-4H3,(H2,14,18). The fourth-order valence-electron chi connectivity index (χ4n) is 1.61. The molecule has 5 heteroatoms. The average molecular weight is 274 g/mol. The van der Waals surface area contributed by atoms with Crippen LogP contribution in [0.5, 0.6) is 0 Å². The topological polar surface area (TPSA) is 55.6 Å². The zero-order chi connectivity index (χ0) is 14.1. The van der Waals surface area contributed by atoms with Gasteiger partial charge >= 0.3 is 0 Å². The molecule has 1 amide bonds. The molecule has 2 N–H and O–H groups in total. The quantitative estimate of drug-likeness (QED) is 0.653. The van der Waals surface area contributed by atoms with E-state index in [9.17, 15) is 4.79 Å². The highest BCUT2D eigenvalue weighted by atomic mass is 32.1. The maximum Gasteiger partial charge on any atom is 0.222 e. The molecule has 0 aliphatic rings. The molecule has 0 spiro atoms. The Labute approximate surface area is 116 Å². The predicted octanol–water partition coefficient (Wildman–Crippen LogP) is 1.96. The van der Waals surface area contributed by atoms with Crippen LogP contribution in [0.2, 0.25) is 0 Å². The molecule has 0 aromatic rings. The van der Waals surface area contributed by atoms with Crippen molar-refractivity contribution in [2.45, 2.75) is 46.1 Å². The molecule has 0 rings (SSSR count). The maximum atomic E-state index is 12.1. The van der Waals surface area contributed by atoms with E-state index in [1.54, 1.807) is 7.11 Å². The third-order valence-corrected chi connectivity index (χ3v) is 2.94. The smallest absolute Gasteiger partial charge is 0.222 e. The lowest BCUT2D eigenvalue weighted by Gasteiger charge is -2.25. The number of amides is 1. The van der Waals surface area contributed by atoms with Crippen LogP contribution in [-0.4, -0.2) is 42.1 Å². The van der Waals surface area contributed by atoms with Crippen LogP contribution in [-0.2, 0) is 9.53 Å². The number of nitrogens with zero attached hydrogens (tertiary/aromatic N) is 1. The molecule has 106 valence electrons. The lowest BCUT2D eigenvalue weighted by Crippen LogP contribution is -2.36. The van der Waals surface area contributed by atoms with Crippen LogP contribution in [0.4, 0.5) is 0 Å². The molecular weight excluding hydrogens is 248 g/mol. The van der Waals surface area contributed by atoms with Crippen molar-refractivity contribution in [1.82, 2.24) is 4.90 Å². The predicted molar refractivity (Wildman–Crippen MR) is 78.5 cm³/mol. The van der Waals surface area contributed by atoms with Gasteiger partial charge in [-0.1, -0.05) is 26.1 Å². The summed E-state index contributed by atoms with van der Waals surface area (Å²) < 4.78 is 5.15. The molecule has 0 saturated heterocycles. The minimum Gasteiger partial charge on any atom is -0.393 e. The Morgan fingerprint density at radius 2 is 1.94 bits per heavy atom. The highest BCUT2D eigenvalue weighted by Crippen LogP contribution is 2.07. The van der Waals surface area contributed by atoms with Gasteiger partial charge in [-0.15, -0.1) is 0 Å². The first-order valence-corrected chi connectivity index (χ1v) is 6.86. The average Bonchev–Trinajstić information content (AvgIpc) is 2.30. The molecular formula is C13H26N2O2S. The number of ether oxygens (including phenoxy) is 1. The molecule has 0 bridgehead atoms. The summed E-state index contributed by atoms with van der Waals surface area (Å²) in [7, 11) is 1.66. The van der Waals surface area contributed by atoms with Crippen molar-refractivity contribution in [3.8, 4) is 0 Å². The second-order valence-electron chi connectivity index (χ2n) is 5.03. The van der Waals surface area contributed by atoms with Gasteiger partial charge in [-0.2, -0.15) is 0 Å². The van der Waals surface area contributed by atoms with Crippen LogP contribution < -0.4 is 5.73 Å². The van der Waals surface area contributed by atoms with E-state index in [-0.39, 0.29) is 12.0 Å². The van der Waals surface area contributed by atoms with Crippen molar-refractivity contribution in [1.29, 1.82) is 0 Å². The first kappa shape index (κ1) is 17.3. The normalized spacial score (nSPS) is 12.5. The first-order chi connectivity index (χ1) is 8.36. The molecule has 0 aromatic carbocycles. The summed E-state index contributed by atoms with van der Waals surface area (Å²) in [5.74, 6) is 0.601. The summed E-state index contributed by atoms with van der Waals surface area (Å²) >= 11 is 4.86. The second kappa shape index (κ2) is 9.28. The Kier molecular flexibility index (Phi) is 8.93. The highest BCUT2D eigenvalue weighted by molar-refractivity contribution is 7.80. The van der Waals surface area contributed by atoms with E-state index in [0.717, 1.165) is 13.0 Å². The second-order valence-corrected chi connectivity index (χ2v) is 5.56. The number of hydrogen-bond acceptors (Lipinski definition) is 3. The lowest BCUT2D eigenvalue weighted by atomic mass is 10.1. The van der Waals surface area contributed by atoms with Gasteiger partial charge < -0.3 is 15.4 Å². The van der Waals surface area contributed by atoms with Crippen molar-refractivity contribution < 1.29 is 9.53 Å². The van der Waals surface area contributed by atoms with Crippen LogP contribution in [0.1, 0.15) is 40.0 Å². The summed E-state index contributed by atoms with van der Waals surface area (Å²) in [6, 6.07) is 0. The minimum absolute atomic E-state index is 0.116. The Hall–Kier alpha value is -0.680. The number of carbonyl (C=O) groups is 1.